The van der Waals surface area contributed by atoms with Crippen LogP contribution >= 0.6 is 11.6 Å². The molecule has 5 heteroatoms. The lowest BCUT2D eigenvalue weighted by atomic mass is 10.1. The molecule has 2 unspecified atom stereocenters. The van der Waals surface area contributed by atoms with Crippen LogP contribution in [0.2, 0.25) is 0 Å². The number of hydrogen-bond acceptors (Lipinski definition) is 4. The molecule has 0 aromatic rings. The van der Waals surface area contributed by atoms with Gasteiger partial charge in [0, 0.05) is 0 Å². The third-order valence-corrected chi connectivity index (χ3v) is 3.06. The van der Waals surface area contributed by atoms with Gasteiger partial charge in [0.25, 0.3) is 0 Å². The molecule has 1 aliphatic heterocycles. The molecular weight excluding hydrogens is 280 g/mol. The van der Waals surface area contributed by atoms with Crippen molar-refractivity contribution < 1.29 is 19.0 Å². The summed E-state index contributed by atoms with van der Waals surface area (Å²) < 4.78 is 15.3. The van der Waals surface area contributed by atoms with Crippen molar-refractivity contribution in [2.24, 2.45) is 5.92 Å². The van der Waals surface area contributed by atoms with E-state index in [4.69, 9.17) is 25.8 Å². The predicted molar refractivity (Wildman–Crippen MR) is 78.1 cm³/mol. The number of esters is 1. The second-order valence-electron chi connectivity index (χ2n) is 5.08. The Hall–Kier alpha value is -1.00. The molecule has 0 fully saturated rings. The van der Waals surface area contributed by atoms with Crippen molar-refractivity contribution in [2.45, 2.75) is 51.4 Å². The second-order valence-corrected chi connectivity index (χ2v) is 5.48. The first-order valence-corrected chi connectivity index (χ1v) is 7.48. The van der Waals surface area contributed by atoms with Gasteiger partial charge in [-0.25, -0.2) is 4.79 Å². The molecule has 1 aliphatic rings. The summed E-state index contributed by atoms with van der Waals surface area (Å²) in [7, 11) is 0. The third kappa shape index (κ3) is 7.56. The maximum atomic E-state index is 11.6. The SMILES string of the molecule is CC(C)CCCCCOC(=O)C(Cl)OC1C=CC=CO1. The van der Waals surface area contributed by atoms with Crippen molar-refractivity contribution >= 4 is 17.6 Å². The minimum absolute atomic E-state index is 0.380. The molecule has 4 nitrogen and oxygen atoms in total. The average Bonchev–Trinajstić information content (AvgIpc) is 2.43. The smallest absolute Gasteiger partial charge is 0.351 e. The van der Waals surface area contributed by atoms with Crippen molar-refractivity contribution in [3.8, 4) is 0 Å². The lowest BCUT2D eigenvalue weighted by Gasteiger charge is -2.18. The predicted octanol–water partition coefficient (Wildman–Crippen LogP) is 3.75. The van der Waals surface area contributed by atoms with Crippen molar-refractivity contribution in [3.05, 3.63) is 24.5 Å². The lowest BCUT2D eigenvalue weighted by molar-refractivity contribution is -0.163. The van der Waals surface area contributed by atoms with Crippen LogP contribution in [0, 0.1) is 5.92 Å². The first-order chi connectivity index (χ1) is 9.59. The molecule has 0 bridgehead atoms. The average molecular weight is 303 g/mol. The Morgan fingerprint density at radius 3 is 2.75 bits per heavy atom. The Balaban J connectivity index is 2.06. The molecule has 0 aromatic carbocycles. The molecule has 0 N–H and O–H groups in total. The first-order valence-electron chi connectivity index (χ1n) is 7.04. The fraction of sp³-hybridized carbons (Fsp3) is 0.667. The number of carbonyl (C=O) groups is 1. The highest BCUT2D eigenvalue weighted by Gasteiger charge is 2.22. The van der Waals surface area contributed by atoms with E-state index in [1.165, 1.54) is 12.7 Å². The summed E-state index contributed by atoms with van der Waals surface area (Å²) in [6.45, 7) is 4.78. The van der Waals surface area contributed by atoms with Gasteiger partial charge >= 0.3 is 5.97 Å². The molecule has 0 aliphatic carbocycles. The summed E-state index contributed by atoms with van der Waals surface area (Å²) in [6, 6.07) is 0. The number of carbonyl (C=O) groups excluding carboxylic acids is 1. The number of allylic oxidation sites excluding steroid dienone is 2. The van der Waals surface area contributed by atoms with Crippen LogP contribution in [0.5, 0.6) is 0 Å². The van der Waals surface area contributed by atoms with Gasteiger partial charge in [-0.15, -0.1) is 0 Å². The van der Waals surface area contributed by atoms with E-state index in [9.17, 15) is 4.79 Å². The lowest BCUT2D eigenvalue weighted by Crippen LogP contribution is -2.27. The van der Waals surface area contributed by atoms with Crippen LogP contribution < -0.4 is 0 Å². The van der Waals surface area contributed by atoms with Gasteiger partial charge in [0.05, 0.1) is 12.9 Å². The number of halogens is 1. The highest BCUT2D eigenvalue weighted by atomic mass is 35.5. The summed E-state index contributed by atoms with van der Waals surface area (Å²) in [4.78, 5) is 11.6. The molecule has 2 atom stereocenters. The molecule has 20 heavy (non-hydrogen) atoms. The third-order valence-electron chi connectivity index (χ3n) is 2.78. The standard InChI is InChI=1S/C15H23ClO4/c1-12(2)8-4-3-6-11-19-15(17)14(16)20-13-9-5-7-10-18-13/h5,7,9-10,12-14H,3-4,6,8,11H2,1-2H3. The van der Waals surface area contributed by atoms with E-state index in [1.54, 1.807) is 18.2 Å². The number of hydrogen-bond donors (Lipinski definition) is 0. The van der Waals surface area contributed by atoms with Crippen molar-refractivity contribution in [2.75, 3.05) is 6.61 Å². The highest BCUT2D eigenvalue weighted by molar-refractivity contribution is 6.28. The Morgan fingerprint density at radius 2 is 2.10 bits per heavy atom. The van der Waals surface area contributed by atoms with Crippen LogP contribution in [-0.2, 0) is 19.0 Å². The van der Waals surface area contributed by atoms with Crippen molar-refractivity contribution in [3.63, 3.8) is 0 Å². The molecule has 0 amide bonds. The maximum Gasteiger partial charge on any atom is 0.351 e. The Kier molecular flexibility index (Phi) is 8.38. The largest absolute Gasteiger partial charge is 0.469 e. The zero-order valence-electron chi connectivity index (χ0n) is 12.1. The summed E-state index contributed by atoms with van der Waals surface area (Å²) in [5, 5.41) is 0. The summed E-state index contributed by atoms with van der Waals surface area (Å²) in [5.74, 6) is 0.151. The molecule has 0 spiro atoms. The van der Waals surface area contributed by atoms with E-state index >= 15 is 0 Å². The van der Waals surface area contributed by atoms with E-state index in [0.29, 0.717) is 6.61 Å². The molecule has 0 radical (unpaired) electrons. The molecule has 114 valence electrons. The monoisotopic (exact) mass is 302 g/mol. The topological polar surface area (TPSA) is 44.8 Å². The van der Waals surface area contributed by atoms with Crippen LogP contribution in [0.25, 0.3) is 0 Å². The molecule has 1 heterocycles. The number of unbranched alkanes of at least 4 members (excludes halogenated alkanes) is 2. The Morgan fingerprint density at radius 1 is 1.30 bits per heavy atom. The summed E-state index contributed by atoms with van der Waals surface area (Å²) in [6.07, 6.45) is 10.3. The van der Waals surface area contributed by atoms with Crippen LogP contribution in [0.4, 0.5) is 0 Å². The van der Waals surface area contributed by atoms with E-state index in [-0.39, 0.29) is 0 Å². The van der Waals surface area contributed by atoms with Gasteiger partial charge < -0.3 is 14.2 Å². The fourth-order valence-corrected chi connectivity index (χ4v) is 1.85. The molecular formula is C15H23ClO4. The highest BCUT2D eigenvalue weighted by Crippen LogP contribution is 2.12. The molecule has 0 saturated heterocycles. The van der Waals surface area contributed by atoms with Gasteiger partial charge in [0.1, 0.15) is 0 Å². The first kappa shape index (κ1) is 17.1. The van der Waals surface area contributed by atoms with Crippen LogP contribution in [0.15, 0.2) is 24.5 Å². The maximum absolute atomic E-state index is 11.6. The minimum Gasteiger partial charge on any atom is -0.469 e. The van der Waals surface area contributed by atoms with Crippen molar-refractivity contribution in [1.29, 1.82) is 0 Å². The summed E-state index contributed by atoms with van der Waals surface area (Å²) in [5.41, 5.74) is -1.15. The fourth-order valence-electron chi connectivity index (χ4n) is 1.69. The van der Waals surface area contributed by atoms with Gasteiger partial charge in [-0.2, -0.15) is 0 Å². The second kappa shape index (κ2) is 9.83. The zero-order valence-corrected chi connectivity index (χ0v) is 12.8. The van der Waals surface area contributed by atoms with Gasteiger partial charge in [0.2, 0.25) is 11.9 Å². The Bertz CT molecular complexity index is 339. The van der Waals surface area contributed by atoms with Gasteiger partial charge in [-0.3, -0.25) is 0 Å². The minimum atomic E-state index is -1.15. The van der Waals surface area contributed by atoms with E-state index < -0.39 is 17.8 Å². The quantitative estimate of drug-likeness (QED) is 0.369. The van der Waals surface area contributed by atoms with Gasteiger partial charge in [0.15, 0.2) is 0 Å². The van der Waals surface area contributed by atoms with E-state index in [2.05, 4.69) is 13.8 Å². The molecule has 0 saturated carbocycles. The van der Waals surface area contributed by atoms with Crippen LogP contribution in [-0.4, -0.2) is 24.4 Å². The van der Waals surface area contributed by atoms with Crippen molar-refractivity contribution in [1.82, 2.24) is 0 Å². The summed E-state index contributed by atoms with van der Waals surface area (Å²) >= 11 is 5.81. The van der Waals surface area contributed by atoms with Crippen LogP contribution in [0.3, 0.4) is 0 Å². The molecule has 0 aromatic heterocycles. The van der Waals surface area contributed by atoms with Gasteiger partial charge in [-0.1, -0.05) is 50.8 Å². The Labute approximate surface area is 125 Å². The number of rotatable bonds is 9. The molecule has 1 rings (SSSR count). The van der Waals surface area contributed by atoms with Crippen LogP contribution in [0.1, 0.15) is 39.5 Å². The normalized spacial score (nSPS) is 18.9. The van der Waals surface area contributed by atoms with E-state index in [0.717, 1.165) is 25.2 Å². The number of ether oxygens (including phenoxy) is 3. The van der Waals surface area contributed by atoms with E-state index in [1.807, 2.05) is 0 Å². The zero-order chi connectivity index (χ0) is 14.8. The number of alkyl halides is 1. The van der Waals surface area contributed by atoms with Gasteiger partial charge in [-0.05, 0) is 24.5 Å².